The smallest absolute Gasteiger partial charge is 0.319 e. The molecule has 0 aliphatic rings. The third-order valence-electron chi connectivity index (χ3n) is 2.89. The number of carbonyl (C=O) groups is 2. The number of anilines is 1. The summed E-state index contributed by atoms with van der Waals surface area (Å²) < 4.78 is 10.2. The van der Waals surface area contributed by atoms with Crippen molar-refractivity contribution in [2.45, 2.75) is 25.8 Å². The van der Waals surface area contributed by atoms with E-state index in [9.17, 15) is 9.59 Å². The Bertz CT molecular complexity index is 504. The summed E-state index contributed by atoms with van der Waals surface area (Å²) in [5.41, 5.74) is 0.523. The first-order valence-electron chi connectivity index (χ1n) is 6.51. The number of hydrogen-bond acceptors (Lipinski definition) is 4. The predicted molar refractivity (Wildman–Crippen MR) is 78.0 cm³/mol. The molecule has 7 nitrogen and oxygen atoms in total. The molecule has 116 valence electrons. The van der Waals surface area contributed by atoms with Crippen molar-refractivity contribution in [2.24, 2.45) is 0 Å². The van der Waals surface area contributed by atoms with E-state index in [0.717, 1.165) is 0 Å². The SMILES string of the molecule is CCC(CC(=O)O)NC(=O)Nc1ccc(OC)c(OC)c1. The Labute approximate surface area is 123 Å². The Morgan fingerprint density at radius 3 is 2.43 bits per heavy atom. The van der Waals surface area contributed by atoms with Crippen LogP contribution in [0.4, 0.5) is 10.5 Å². The van der Waals surface area contributed by atoms with Crippen molar-refractivity contribution in [3.8, 4) is 11.5 Å². The summed E-state index contributed by atoms with van der Waals surface area (Å²) in [6.07, 6.45) is 0.418. The molecule has 7 heteroatoms. The van der Waals surface area contributed by atoms with Crippen LogP contribution in [-0.4, -0.2) is 37.4 Å². The molecular formula is C14H20N2O5. The van der Waals surface area contributed by atoms with Crippen molar-refractivity contribution >= 4 is 17.7 Å². The summed E-state index contributed by atoms with van der Waals surface area (Å²) in [5, 5.41) is 14.0. The molecule has 3 N–H and O–H groups in total. The highest BCUT2D eigenvalue weighted by atomic mass is 16.5. The zero-order valence-electron chi connectivity index (χ0n) is 12.3. The van der Waals surface area contributed by atoms with Gasteiger partial charge in [-0.25, -0.2) is 4.79 Å². The second-order valence-electron chi connectivity index (χ2n) is 4.37. The third kappa shape index (κ3) is 5.21. The molecule has 0 fully saturated rings. The maximum absolute atomic E-state index is 11.8. The van der Waals surface area contributed by atoms with Gasteiger partial charge in [-0.1, -0.05) is 6.92 Å². The Morgan fingerprint density at radius 2 is 1.90 bits per heavy atom. The monoisotopic (exact) mass is 296 g/mol. The number of carbonyl (C=O) groups excluding carboxylic acids is 1. The largest absolute Gasteiger partial charge is 0.493 e. The van der Waals surface area contributed by atoms with Crippen molar-refractivity contribution in [2.75, 3.05) is 19.5 Å². The molecule has 1 rings (SSSR count). The molecule has 1 aromatic rings. The average molecular weight is 296 g/mol. The lowest BCUT2D eigenvalue weighted by molar-refractivity contribution is -0.137. The lowest BCUT2D eigenvalue weighted by Gasteiger charge is -2.16. The number of aliphatic carboxylic acids is 1. The third-order valence-corrected chi connectivity index (χ3v) is 2.89. The number of amides is 2. The van der Waals surface area contributed by atoms with E-state index in [2.05, 4.69) is 10.6 Å². The maximum atomic E-state index is 11.8. The molecule has 1 aromatic carbocycles. The van der Waals surface area contributed by atoms with Crippen LogP contribution in [0.1, 0.15) is 19.8 Å². The van der Waals surface area contributed by atoms with Gasteiger partial charge in [-0.2, -0.15) is 0 Å². The number of nitrogens with one attached hydrogen (secondary N) is 2. The van der Waals surface area contributed by atoms with E-state index in [1.54, 1.807) is 18.2 Å². The standard InChI is InChI=1S/C14H20N2O5/c1-4-9(8-13(17)18)15-14(19)16-10-5-6-11(20-2)12(7-10)21-3/h5-7,9H,4,8H2,1-3H3,(H,17,18)(H2,15,16,19). The minimum Gasteiger partial charge on any atom is -0.493 e. The molecule has 0 saturated carbocycles. The van der Waals surface area contributed by atoms with Gasteiger partial charge >= 0.3 is 12.0 Å². The molecule has 0 aliphatic heterocycles. The second-order valence-corrected chi connectivity index (χ2v) is 4.37. The molecule has 0 aliphatic carbocycles. The molecular weight excluding hydrogens is 276 g/mol. The van der Waals surface area contributed by atoms with Crippen molar-refractivity contribution in [1.82, 2.24) is 5.32 Å². The van der Waals surface area contributed by atoms with Gasteiger partial charge in [0.25, 0.3) is 0 Å². The topological polar surface area (TPSA) is 96.9 Å². The lowest BCUT2D eigenvalue weighted by atomic mass is 10.1. The summed E-state index contributed by atoms with van der Waals surface area (Å²) >= 11 is 0. The Kier molecular flexibility index (Phi) is 6.32. The highest BCUT2D eigenvalue weighted by Crippen LogP contribution is 2.29. The molecule has 1 unspecified atom stereocenters. The van der Waals surface area contributed by atoms with E-state index in [1.807, 2.05) is 6.92 Å². The predicted octanol–water partition coefficient (Wildman–Crippen LogP) is 2.08. The van der Waals surface area contributed by atoms with Gasteiger partial charge in [0.15, 0.2) is 11.5 Å². The number of rotatable bonds is 7. The Hall–Kier alpha value is -2.44. The summed E-state index contributed by atoms with van der Waals surface area (Å²) in [5.74, 6) is 0.0990. The fourth-order valence-corrected chi connectivity index (χ4v) is 1.77. The number of benzene rings is 1. The maximum Gasteiger partial charge on any atom is 0.319 e. The van der Waals surface area contributed by atoms with Crippen LogP contribution in [0.3, 0.4) is 0 Å². The normalized spacial score (nSPS) is 11.4. The number of carboxylic acid groups (broad SMARTS) is 1. The van der Waals surface area contributed by atoms with Gasteiger partial charge in [0.2, 0.25) is 0 Å². The van der Waals surface area contributed by atoms with Gasteiger partial charge in [0.1, 0.15) is 0 Å². The first-order valence-corrected chi connectivity index (χ1v) is 6.51. The van der Waals surface area contributed by atoms with Crippen LogP contribution in [0, 0.1) is 0 Å². The molecule has 0 saturated heterocycles. The van der Waals surface area contributed by atoms with Gasteiger partial charge in [-0.3, -0.25) is 4.79 Å². The number of methoxy groups -OCH3 is 2. The number of urea groups is 1. The summed E-state index contributed by atoms with van der Waals surface area (Å²) in [4.78, 5) is 22.5. The fourth-order valence-electron chi connectivity index (χ4n) is 1.77. The zero-order chi connectivity index (χ0) is 15.8. The van der Waals surface area contributed by atoms with Gasteiger partial charge in [-0.15, -0.1) is 0 Å². The van der Waals surface area contributed by atoms with Crippen LogP contribution in [0.15, 0.2) is 18.2 Å². The molecule has 0 spiro atoms. The fraction of sp³-hybridized carbons (Fsp3) is 0.429. The van der Waals surface area contributed by atoms with Crippen molar-refractivity contribution in [3.05, 3.63) is 18.2 Å². The van der Waals surface area contributed by atoms with Crippen molar-refractivity contribution < 1.29 is 24.2 Å². The van der Waals surface area contributed by atoms with Gasteiger partial charge in [0.05, 0.1) is 20.6 Å². The van der Waals surface area contributed by atoms with E-state index >= 15 is 0 Å². The van der Waals surface area contributed by atoms with E-state index < -0.39 is 18.0 Å². The first kappa shape index (κ1) is 16.6. The van der Waals surface area contributed by atoms with E-state index in [0.29, 0.717) is 23.6 Å². The zero-order valence-corrected chi connectivity index (χ0v) is 12.3. The molecule has 1 atom stereocenters. The highest BCUT2D eigenvalue weighted by molar-refractivity contribution is 5.90. The van der Waals surface area contributed by atoms with Crippen LogP contribution in [0.5, 0.6) is 11.5 Å². The van der Waals surface area contributed by atoms with Gasteiger partial charge in [0, 0.05) is 17.8 Å². The molecule has 21 heavy (non-hydrogen) atoms. The van der Waals surface area contributed by atoms with Crippen LogP contribution in [0.2, 0.25) is 0 Å². The van der Waals surface area contributed by atoms with Crippen LogP contribution in [-0.2, 0) is 4.79 Å². The van der Waals surface area contributed by atoms with Crippen LogP contribution < -0.4 is 20.1 Å². The molecule has 0 radical (unpaired) electrons. The van der Waals surface area contributed by atoms with Crippen LogP contribution >= 0.6 is 0 Å². The molecule has 0 aromatic heterocycles. The van der Waals surface area contributed by atoms with Crippen molar-refractivity contribution in [1.29, 1.82) is 0 Å². The Morgan fingerprint density at radius 1 is 1.24 bits per heavy atom. The van der Waals surface area contributed by atoms with E-state index in [4.69, 9.17) is 14.6 Å². The number of carboxylic acids is 1. The lowest BCUT2D eigenvalue weighted by Crippen LogP contribution is -2.38. The number of ether oxygens (including phenoxy) is 2. The average Bonchev–Trinajstić information content (AvgIpc) is 2.45. The summed E-state index contributed by atoms with van der Waals surface area (Å²) in [7, 11) is 3.02. The molecule has 2 amide bonds. The summed E-state index contributed by atoms with van der Waals surface area (Å²) in [6, 6.07) is 4.08. The van der Waals surface area contributed by atoms with Crippen LogP contribution in [0.25, 0.3) is 0 Å². The second kappa shape index (κ2) is 7.98. The molecule has 0 bridgehead atoms. The van der Waals surface area contributed by atoms with Gasteiger partial charge in [-0.05, 0) is 18.6 Å². The summed E-state index contributed by atoms with van der Waals surface area (Å²) in [6.45, 7) is 1.81. The highest BCUT2D eigenvalue weighted by Gasteiger charge is 2.14. The number of hydrogen-bond donors (Lipinski definition) is 3. The minimum atomic E-state index is -0.951. The van der Waals surface area contributed by atoms with Crippen molar-refractivity contribution in [3.63, 3.8) is 0 Å². The quantitative estimate of drug-likeness (QED) is 0.715. The minimum absolute atomic E-state index is 0.115. The van der Waals surface area contributed by atoms with E-state index in [1.165, 1.54) is 14.2 Å². The first-order chi connectivity index (χ1) is 9.99. The molecule has 0 heterocycles. The Balaban J connectivity index is 2.67. The van der Waals surface area contributed by atoms with E-state index in [-0.39, 0.29) is 6.42 Å². The van der Waals surface area contributed by atoms with Gasteiger partial charge < -0.3 is 25.2 Å².